The van der Waals surface area contributed by atoms with Crippen molar-refractivity contribution in [1.82, 2.24) is 4.90 Å². The monoisotopic (exact) mass is 285 g/mol. The van der Waals surface area contributed by atoms with Crippen LogP contribution >= 0.6 is 0 Å². The molecule has 2 rings (SSSR count). The summed E-state index contributed by atoms with van der Waals surface area (Å²) in [5, 5.41) is 8.61. The van der Waals surface area contributed by atoms with Gasteiger partial charge < -0.3 is 14.7 Å². The maximum Gasteiger partial charge on any atom is 0.387 e. The molecule has 0 atom stereocenters. The number of likely N-dealkylation sites (tertiary alicyclic amines) is 1. The average Bonchev–Trinajstić information content (AvgIpc) is 2.32. The lowest BCUT2D eigenvalue weighted by Gasteiger charge is -2.38. The maximum atomic E-state index is 12.0. The van der Waals surface area contributed by atoms with Crippen molar-refractivity contribution >= 4 is 11.9 Å². The first kappa shape index (κ1) is 14.2. The lowest BCUT2D eigenvalue weighted by atomic mass is 9.95. The number of rotatable bonds is 5. The van der Waals surface area contributed by atoms with Crippen molar-refractivity contribution in [1.29, 1.82) is 0 Å². The normalized spacial score (nSPS) is 15.1. The molecule has 5 nitrogen and oxygen atoms in total. The van der Waals surface area contributed by atoms with Gasteiger partial charge >= 0.3 is 12.6 Å². The van der Waals surface area contributed by atoms with E-state index in [4.69, 9.17) is 5.11 Å². The van der Waals surface area contributed by atoms with Gasteiger partial charge in [0.25, 0.3) is 5.91 Å². The molecule has 0 unspecified atom stereocenters. The van der Waals surface area contributed by atoms with Crippen LogP contribution in [0, 0.1) is 5.92 Å². The van der Waals surface area contributed by atoms with Crippen molar-refractivity contribution in [2.45, 2.75) is 13.0 Å². The second-order valence-corrected chi connectivity index (χ2v) is 4.58. The number of carboxylic acids is 1. The van der Waals surface area contributed by atoms with Gasteiger partial charge in [-0.15, -0.1) is 0 Å². The number of carboxylic acid groups (broad SMARTS) is 1. The summed E-state index contributed by atoms with van der Waals surface area (Å²) >= 11 is 0. The molecule has 108 valence electrons. The van der Waals surface area contributed by atoms with Crippen LogP contribution in [0.15, 0.2) is 24.3 Å². The quantitative estimate of drug-likeness (QED) is 0.896. The number of carbonyl (C=O) groups is 2. The zero-order valence-electron chi connectivity index (χ0n) is 10.5. The van der Waals surface area contributed by atoms with Crippen LogP contribution in [0.25, 0.3) is 0 Å². The number of nitrogens with zero attached hydrogens (tertiary/aromatic N) is 1. The summed E-state index contributed by atoms with van der Waals surface area (Å²) in [6.45, 7) is -2.09. The predicted molar refractivity (Wildman–Crippen MR) is 64.7 cm³/mol. The molecule has 1 aromatic carbocycles. The summed E-state index contributed by atoms with van der Waals surface area (Å²) < 4.78 is 28.1. The highest BCUT2D eigenvalue weighted by Gasteiger charge is 2.32. The first-order valence-electron chi connectivity index (χ1n) is 6.01. The smallest absolute Gasteiger partial charge is 0.387 e. The standard InChI is InChI=1S/C13H13F2NO4/c14-13(15)20-10-3-1-9(2-4-10)12(19)16-6-8(7-16)5-11(17)18/h1-4,8,13H,5-7H2,(H,17,18). The van der Waals surface area contributed by atoms with Gasteiger partial charge in [-0.3, -0.25) is 9.59 Å². The first-order chi connectivity index (χ1) is 9.45. The fourth-order valence-corrected chi connectivity index (χ4v) is 2.07. The molecule has 0 spiro atoms. The number of amides is 1. The van der Waals surface area contributed by atoms with Crippen LogP contribution in [-0.4, -0.2) is 41.6 Å². The Hall–Kier alpha value is -2.18. The summed E-state index contributed by atoms with van der Waals surface area (Å²) in [5.41, 5.74) is 0.361. The summed E-state index contributed by atoms with van der Waals surface area (Å²) in [6, 6.07) is 5.41. The Morgan fingerprint density at radius 3 is 2.40 bits per heavy atom. The third-order valence-electron chi connectivity index (χ3n) is 3.03. The van der Waals surface area contributed by atoms with Gasteiger partial charge in [-0.25, -0.2) is 0 Å². The number of halogens is 2. The van der Waals surface area contributed by atoms with E-state index in [9.17, 15) is 18.4 Å². The summed E-state index contributed by atoms with van der Waals surface area (Å²) in [5.74, 6) is -1.15. The highest BCUT2D eigenvalue weighted by Crippen LogP contribution is 2.22. The fourth-order valence-electron chi connectivity index (χ4n) is 2.07. The third-order valence-corrected chi connectivity index (χ3v) is 3.03. The molecule has 1 saturated heterocycles. The minimum absolute atomic E-state index is 0.0103. The molecule has 0 aromatic heterocycles. The van der Waals surface area contributed by atoms with Gasteiger partial charge in [0, 0.05) is 24.6 Å². The molecule has 1 fully saturated rings. The van der Waals surface area contributed by atoms with Crippen molar-refractivity contribution < 1.29 is 28.2 Å². The largest absolute Gasteiger partial charge is 0.481 e. The Balaban J connectivity index is 1.89. The first-order valence-corrected chi connectivity index (χ1v) is 6.01. The number of ether oxygens (including phenoxy) is 1. The van der Waals surface area contributed by atoms with E-state index in [0.717, 1.165) is 0 Å². The van der Waals surface area contributed by atoms with Gasteiger partial charge in [-0.05, 0) is 24.3 Å². The van der Waals surface area contributed by atoms with Crippen LogP contribution in [0.2, 0.25) is 0 Å². The molecule has 1 aromatic rings. The molecule has 0 bridgehead atoms. The lowest BCUT2D eigenvalue weighted by molar-refractivity contribution is -0.139. The number of carbonyl (C=O) groups excluding carboxylic acids is 1. The molecular formula is C13H13F2NO4. The summed E-state index contributed by atoms with van der Waals surface area (Å²) in [6.07, 6.45) is 0.0466. The van der Waals surface area contributed by atoms with Crippen LogP contribution in [-0.2, 0) is 4.79 Å². The van der Waals surface area contributed by atoms with Gasteiger partial charge in [0.15, 0.2) is 0 Å². The van der Waals surface area contributed by atoms with E-state index < -0.39 is 12.6 Å². The van der Waals surface area contributed by atoms with Crippen LogP contribution in [0.3, 0.4) is 0 Å². The molecule has 0 aliphatic carbocycles. The Kier molecular flexibility index (Phi) is 4.16. The van der Waals surface area contributed by atoms with E-state index in [1.54, 1.807) is 0 Å². The van der Waals surface area contributed by atoms with Crippen LogP contribution in [0.5, 0.6) is 5.75 Å². The molecule has 1 heterocycles. The van der Waals surface area contributed by atoms with Crippen LogP contribution < -0.4 is 4.74 Å². The lowest BCUT2D eigenvalue weighted by Crippen LogP contribution is -2.50. The van der Waals surface area contributed by atoms with E-state index >= 15 is 0 Å². The average molecular weight is 285 g/mol. The zero-order valence-corrected chi connectivity index (χ0v) is 10.5. The Morgan fingerprint density at radius 1 is 1.30 bits per heavy atom. The van der Waals surface area contributed by atoms with Crippen molar-refractivity contribution in [3.63, 3.8) is 0 Å². The number of hydrogen-bond acceptors (Lipinski definition) is 3. The van der Waals surface area contributed by atoms with Crippen LogP contribution in [0.4, 0.5) is 8.78 Å². The number of benzene rings is 1. The molecule has 1 amide bonds. The summed E-state index contributed by atoms with van der Waals surface area (Å²) in [7, 11) is 0. The van der Waals surface area contributed by atoms with Gasteiger partial charge in [-0.1, -0.05) is 0 Å². The minimum atomic E-state index is -2.90. The maximum absolute atomic E-state index is 12.0. The third kappa shape index (κ3) is 3.43. The van der Waals surface area contributed by atoms with E-state index in [1.807, 2.05) is 0 Å². The zero-order chi connectivity index (χ0) is 14.7. The molecule has 0 radical (unpaired) electrons. The van der Waals surface area contributed by atoms with Crippen molar-refractivity contribution in [3.05, 3.63) is 29.8 Å². The van der Waals surface area contributed by atoms with E-state index in [2.05, 4.69) is 4.74 Å². The van der Waals surface area contributed by atoms with Gasteiger partial charge in [0.05, 0.1) is 6.42 Å². The highest BCUT2D eigenvalue weighted by molar-refractivity contribution is 5.94. The molecule has 20 heavy (non-hydrogen) atoms. The van der Waals surface area contributed by atoms with Gasteiger partial charge in [0.2, 0.25) is 0 Å². The molecular weight excluding hydrogens is 272 g/mol. The molecule has 7 heteroatoms. The van der Waals surface area contributed by atoms with Crippen molar-refractivity contribution in [2.24, 2.45) is 5.92 Å². The molecule has 1 N–H and O–H groups in total. The van der Waals surface area contributed by atoms with Crippen molar-refractivity contribution in [2.75, 3.05) is 13.1 Å². The fraction of sp³-hybridized carbons (Fsp3) is 0.385. The number of aliphatic carboxylic acids is 1. The Bertz CT molecular complexity index is 498. The van der Waals surface area contributed by atoms with Crippen molar-refractivity contribution in [3.8, 4) is 5.75 Å². The molecule has 0 saturated carbocycles. The molecule has 1 aliphatic rings. The van der Waals surface area contributed by atoms with E-state index in [1.165, 1.54) is 29.2 Å². The SMILES string of the molecule is O=C(O)CC1CN(C(=O)c2ccc(OC(F)F)cc2)C1. The molecule has 1 aliphatic heterocycles. The van der Waals surface area contributed by atoms with Crippen LogP contribution in [0.1, 0.15) is 16.8 Å². The second kappa shape index (κ2) is 5.85. The minimum Gasteiger partial charge on any atom is -0.481 e. The van der Waals surface area contributed by atoms with E-state index in [0.29, 0.717) is 18.7 Å². The number of hydrogen-bond donors (Lipinski definition) is 1. The highest BCUT2D eigenvalue weighted by atomic mass is 19.3. The topological polar surface area (TPSA) is 66.8 Å². The number of alkyl halides is 2. The van der Waals surface area contributed by atoms with Gasteiger partial charge in [-0.2, -0.15) is 8.78 Å². The Morgan fingerprint density at radius 2 is 1.90 bits per heavy atom. The second-order valence-electron chi connectivity index (χ2n) is 4.58. The van der Waals surface area contributed by atoms with Gasteiger partial charge in [0.1, 0.15) is 5.75 Å². The van der Waals surface area contributed by atoms with E-state index in [-0.39, 0.29) is 24.0 Å². The predicted octanol–water partition coefficient (Wildman–Crippen LogP) is 1.83. The summed E-state index contributed by atoms with van der Waals surface area (Å²) in [4.78, 5) is 24.0. The Labute approximate surface area is 113 Å².